The highest BCUT2D eigenvalue weighted by molar-refractivity contribution is 5.24. The summed E-state index contributed by atoms with van der Waals surface area (Å²) in [7, 11) is 0. The lowest BCUT2D eigenvalue weighted by molar-refractivity contribution is -0.00568. The average Bonchev–Trinajstić information content (AvgIpc) is 2.37. The molecule has 0 aliphatic heterocycles. The number of nitrogens with two attached hydrogens (primary N) is 1. The first-order valence-corrected chi connectivity index (χ1v) is 7.08. The van der Waals surface area contributed by atoms with Gasteiger partial charge in [-0.15, -0.1) is 0 Å². The van der Waals surface area contributed by atoms with Crippen molar-refractivity contribution in [2.75, 3.05) is 0 Å². The van der Waals surface area contributed by atoms with Crippen molar-refractivity contribution in [3.8, 4) is 0 Å². The van der Waals surface area contributed by atoms with Gasteiger partial charge in [0.05, 0.1) is 12.7 Å². The van der Waals surface area contributed by atoms with Crippen LogP contribution in [0.25, 0.3) is 0 Å². The van der Waals surface area contributed by atoms with Crippen molar-refractivity contribution >= 4 is 0 Å². The standard InChI is InChI=1S/C16H24FNO/c1-16(2)5-3-15(4-6-16)19-11-13-7-12(10-18)8-14(17)9-13/h7-9,15H,3-6,10-11,18H2,1-2H3. The van der Waals surface area contributed by atoms with E-state index in [9.17, 15) is 4.39 Å². The minimum atomic E-state index is -0.230. The second kappa shape index (κ2) is 6.02. The Kier molecular flexibility index (Phi) is 4.58. The molecule has 1 aromatic carbocycles. The van der Waals surface area contributed by atoms with Gasteiger partial charge in [0.2, 0.25) is 0 Å². The predicted molar refractivity (Wildman–Crippen MR) is 75.1 cm³/mol. The summed E-state index contributed by atoms with van der Waals surface area (Å²) >= 11 is 0. The predicted octanol–water partition coefficient (Wildman–Crippen LogP) is 3.77. The molecule has 106 valence electrons. The number of rotatable bonds is 4. The number of hydrogen-bond acceptors (Lipinski definition) is 2. The second-order valence-electron chi connectivity index (χ2n) is 6.35. The molecule has 0 amide bonds. The van der Waals surface area contributed by atoms with Crippen LogP contribution in [0, 0.1) is 11.2 Å². The van der Waals surface area contributed by atoms with Crippen LogP contribution in [-0.2, 0) is 17.9 Å². The minimum Gasteiger partial charge on any atom is -0.374 e. The quantitative estimate of drug-likeness (QED) is 0.899. The first kappa shape index (κ1) is 14.5. The fourth-order valence-corrected chi connectivity index (χ4v) is 2.67. The minimum absolute atomic E-state index is 0.230. The van der Waals surface area contributed by atoms with Gasteiger partial charge in [0, 0.05) is 6.54 Å². The Morgan fingerprint density at radius 3 is 2.47 bits per heavy atom. The van der Waals surface area contributed by atoms with Gasteiger partial charge in [-0.25, -0.2) is 4.39 Å². The molecule has 1 aliphatic rings. The molecule has 1 aromatic rings. The van der Waals surface area contributed by atoms with Gasteiger partial charge in [-0.2, -0.15) is 0 Å². The Balaban J connectivity index is 1.87. The Hall–Kier alpha value is -0.930. The average molecular weight is 265 g/mol. The van der Waals surface area contributed by atoms with E-state index < -0.39 is 0 Å². The largest absolute Gasteiger partial charge is 0.374 e. The van der Waals surface area contributed by atoms with E-state index in [2.05, 4.69) is 13.8 Å². The Bertz CT molecular complexity index is 421. The number of ether oxygens (including phenoxy) is 1. The molecule has 1 aliphatic carbocycles. The normalized spacial score (nSPS) is 19.6. The maximum Gasteiger partial charge on any atom is 0.123 e. The molecule has 0 heterocycles. The maximum atomic E-state index is 13.4. The van der Waals surface area contributed by atoms with Crippen LogP contribution < -0.4 is 5.73 Å². The van der Waals surface area contributed by atoms with E-state index >= 15 is 0 Å². The van der Waals surface area contributed by atoms with Crippen molar-refractivity contribution in [2.24, 2.45) is 11.1 Å². The summed E-state index contributed by atoms with van der Waals surface area (Å²) in [6.07, 6.45) is 4.93. The summed E-state index contributed by atoms with van der Waals surface area (Å²) in [5.41, 5.74) is 7.70. The fraction of sp³-hybridized carbons (Fsp3) is 0.625. The molecule has 1 fully saturated rings. The summed E-state index contributed by atoms with van der Waals surface area (Å²) < 4.78 is 19.3. The van der Waals surface area contributed by atoms with Crippen LogP contribution >= 0.6 is 0 Å². The Morgan fingerprint density at radius 2 is 1.84 bits per heavy atom. The van der Waals surface area contributed by atoms with Crippen molar-refractivity contribution < 1.29 is 9.13 Å². The van der Waals surface area contributed by atoms with Gasteiger partial charge >= 0.3 is 0 Å². The third-order valence-electron chi connectivity index (χ3n) is 4.02. The topological polar surface area (TPSA) is 35.2 Å². The van der Waals surface area contributed by atoms with Crippen LogP contribution in [0.5, 0.6) is 0 Å². The lowest BCUT2D eigenvalue weighted by atomic mass is 9.76. The highest BCUT2D eigenvalue weighted by atomic mass is 19.1. The van der Waals surface area contributed by atoms with E-state index in [1.807, 2.05) is 6.07 Å². The molecule has 0 saturated heterocycles. The van der Waals surface area contributed by atoms with Gasteiger partial charge in [0.1, 0.15) is 5.82 Å². The lowest BCUT2D eigenvalue weighted by Gasteiger charge is -2.34. The van der Waals surface area contributed by atoms with Crippen LogP contribution in [0.1, 0.15) is 50.7 Å². The van der Waals surface area contributed by atoms with Crippen molar-refractivity contribution in [2.45, 2.75) is 58.8 Å². The number of benzene rings is 1. The molecule has 0 atom stereocenters. The molecule has 3 heteroatoms. The third kappa shape index (κ3) is 4.29. The summed E-state index contributed by atoms with van der Waals surface area (Å²) in [5, 5.41) is 0. The zero-order valence-corrected chi connectivity index (χ0v) is 11.9. The summed E-state index contributed by atoms with van der Waals surface area (Å²) in [6, 6.07) is 4.94. The van der Waals surface area contributed by atoms with Crippen LogP contribution in [0.15, 0.2) is 18.2 Å². The molecular weight excluding hydrogens is 241 g/mol. The zero-order valence-electron chi connectivity index (χ0n) is 11.9. The van der Waals surface area contributed by atoms with Crippen molar-refractivity contribution in [1.29, 1.82) is 0 Å². The summed E-state index contributed by atoms with van der Waals surface area (Å²) in [5.74, 6) is -0.230. The van der Waals surface area contributed by atoms with Crippen LogP contribution in [-0.4, -0.2) is 6.10 Å². The molecule has 19 heavy (non-hydrogen) atoms. The third-order valence-corrected chi connectivity index (χ3v) is 4.02. The smallest absolute Gasteiger partial charge is 0.123 e. The summed E-state index contributed by atoms with van der Waals surface area (Å²) in [4.78, 5) is 0. The molecule has 2 nitrogen and oxygen atoms in total. The SMILES string of the molecule is CC1(C)CCC(OCc2cc(F)cc(CN)c2)CC1. The van der Waals surface area contributed by atoms with Crippen LogP contribution in [0.4, 0.5) is 4.39 Å². The second-order valence-corrected chi connectivity index (χ2v) is 6.35. The van der Waals surface area contributed by atoms with E-state index in [4.69, 9.17) is 10.5 Å². The van der Waals surface area contributed by atoms with Gasteiger partial charge in [0.15, 0.2) is 0 Å². The van der Waals surface area contributed by atoms with Gasteiger partial charge < -0.3 is 10.5 Å². The Morgan fingerprint density at radius 1 is 1.21 bits per heavy atom. The monoisotopic (exact) mass is 265 g/mol. The highest BCUT2D eigenvalue weighted by Crippen LogP contribution is 2.36. The number of hydrogen-bond donors (Lipinski definition) is 1. The fourth-order valence-electron chi connectivity index (χ4n) is 2.67. The van der Waals surface area contributed by atoms with Gasteiger partial charge in [-0.3, -0.25) is 0 Å². The van der Waals surface area contributed by atoms with Crippen LogP contribution in [0.2, 0.25) is 0 Å². The Labute approximate surface area is 115 Å². The van der Waals surface area contributed by atoms with Crippen molar-refractivity contribution in [3.63, 3.8) is 0 Å². The van der Waals surface area contributed by atoms with E-state index in [1.54, 1.807) is 0 Å². The molecule has 0 radical (unpaired) electrons. The van der Waals surface area contributed by atoms with E-state index in [0.717, 1.165) is 24.0 Å². The van der Waals surface area contributed by atoms with Crippen LogP contribution in [0.3, 0.4) is 0 Å². The molecule has 2 rings (SSSR count). The molecule has 0 unspecified atom stereocenters. The molecule has 2 N–H and O–H groups in total. The van der Waals surface area contributed by atoms with Gasteiger partial charge in [-0.05, 0) is 54.4 Å². The maximum absolute atomic E-state index is 13.4. The first-order valence-electron chi connectivity index (χ1n) is 7.08. The molecule has 1 saturated carbocycles. The summed E-state index contributed by atoms with van der Waals surface area (Å²) in [6.45, 7) is 5.46. The van der Waals surface area contributed by atoms with Gasteiger partial charge in [-0.1, -0.05) is 19.9 Å². The van der Waals surface area contributed by atoms with Crippen molar-refractivity contribution in [3.05, 3.63) is 35.1 Å². The first-order chi connectivity index (χ1) is 8.98. The molecule has 0 spiro atoms. The zero-order chi connectivity index (χ0) is 13.9. The molecular formula is C16H24FNO. The van der Waals surface area contributed by atoms with Gasteiger partial charge in [0.25, 0.3) is 0 Å². The highest BCUT2D eigenvalue weighted by Gasteiger charge is 2.27. The van der Waals surface area contributed by atoms with E-state index in [-0.39, 0.29) is 5.82 Å². The van der Waals surface area contributed by atoms with E-state index in [1.165, 1.54) is 25.0 Å². The van der Waals surface area contributed by atoms with E-state index in [0.29, 0.717) is 24.7 Å². The molecule has 0 aromatic heterocycles. The molecule has 0 bridgehead atoms. The lowest BCUT2D eigenvalue weighted by Crippen LogP contribution is -2.26. The van der Waals surface area contributed by atoms with Crippen molar-refractivity contribution in [1.82, 2.24) is 0 Å². The number of halogens is 1.